The van der Waals surface area contributed by atoms with Gasteiger partial charge < -0.3 is 10.8 Å². The van der Waals surface area contributed by atoms with E-state index < -0.39 is 29.7 Å². The average Bonchev–Trinajstić information content (AvgIpc) is 2.46. The van der Waals surface area contributed by atoms with Gasteiger partial charge in [0, 0.05) is 12.0 Å². The van der Waals surface area contributed by atoms with Gasteiger partial charge in [-0.05, 0) is 11.6 Å². The minimum Gasteiger partial charge on any atom is -0.391 e. The lowest BCUT2D eigenvalue weighted by Gasteiger charge is -2.21. The van der Waals surface area contributed by atoms with Crippen LogP contribution in [0.25, 0.3) is 0 Å². The Hall–Kier alpha value is -1.63. The van der Waals surface area contributed by atoms with Crippen LogP contribution in [0.2, 0.25) is 0 Å². The van der Waals surface area contributed by atoms with Crippen LogP contribution in [0.1, 0.15) is 22.7 Å². The summed E-state index contributed by atoms with van der Waals surface area (Å²) in [5.41, 5.74) is 4.77. The Morgan fingerprint density at radius 2 is 1.61 bits per heavy atom. The van der Waals surface area contributed by atoms with Crippen LogP contribution in [-0.2, 0) is 12.6 Å². The Morgan fingerprint density at radius 3 is 2.17 bits per heavy atom. The van der Waals surface area contributed by atoms with E-state index in [1.54, 1.807) is 30.3 Å². The second kappa shape index (κ2) is 7.77. The molecule has 23 heavy (non-hydrogen) atoms. The van der Waals surface area contributed by atoms with Gasteiger partial charge in [-0.3, -0.25) is 0 Å². The van der Waals surface area contributed by atoms with E-state index >= 15 is 0 Å². The van der Waals surface area contributed by atoms with Gasteiger partial charge in [0.05, 0.1) is 17.7 Å². The summed E-state index contributed by atoms with van der Waals surface area (Å²) in [6.45, 7) is 0. The second-order valence-electron chi connectivity index (χ2n) is 4.99. The number of alkyl halides is 3. The highest BCUT2D eigenvalue weighted by Gasteiger charge is 2.36. The molecule has 2 nitrogen and oxygen atoms in total. The van der Waals surface area contributed by atoms with Crippen LogP contribution in [0.5, 0.6) is 0 Å². The van der Waals surface area contributed by atoms with E-state index in [0.29, 0.717) is 6.07 Å². The highest BCUT2D eigenvalue weighted by molar-refractivity contribution is 5.85. The fourth-order valence-corrected chi connectivity index (χ4v) is 2.22. The number of aliphatic hydroxyl groups is 1. The van der Waals surface area contributed by atoms with E-state index in [2.05, 4.69) is 0 Å². The Bertz CT molecular complexity index is 634. The molecule has 0 aliphatic heterocycles. The first kappa shape index (κ1) is 19.4. The molecule has 0 spiro atoms. The molecule has 0 heterocycles. The lowest BCUT2D eigenvalue weighted by molar-refractivity contribution is -0.140. The SMILES string of the molecule is Cl.N[C@@H](c1cccc(C(F)(F)F)c1F)[C@H](O)Cc1ccccc1. The molecule has 0 aliphatic carbocycles. The van der Waals surface area contributed by atoms with E-state index in [0.717, 1.165) is 17.7 Å². The second-order valence-corrected chi connectivity index (χ2v) is 4.99. The third-order valence-corrected chi connectivity index (χ3v) is 3.40. The maximum atomic E-state index is 14.0. The minimum atomic E-state index is -4.80. The van der Waals surface area contributed by atoms with Gasteiger partial charge in [0.2, 0.25) is 0 Å². The van der Waals surface area contributed by atoms with Crippen LogP contribution >= 0.6 is 12.4 Å². The van der Waals surface area contributed by atoms with E-state index in [9.17, 15) is 22.7 Å². The Morgan fingerprint density at radius 1 is 1.00 bits per heavy atom. The number of hydrogen-bond acceptors (Lipinski definition) is 2. The standard InChI is InChI=1S/C16H15F4NO.ClH/c17-14-11(7-4-8-12(14)16(18,19)20)15(21)13(22)9-10-5-2-1-3-6-10;/h1-8,13,15,22H,9,21H2;1H/t13-,15+;/m1./s1. The molecule has 3 N–H and O–H groups in total. The first-order valence-corrected chi connectivity index (χ1v) is 6.64. The molecule has 7 heteroatoms. The lowest BCUT2D eigenvalue weighted by atomic mass is 9.95. The lowest BCUT2D eigenvalue weighted by Crippen LogP contribution is -2.29. The number of nitrogens with two attached hydrogens (primary N) is 1. The van der Waals surface area contributed by atoms with Crippen molar-refractivity contribution in [3.8, 4) is 0 Å². The molecule has 0 saturated heterocycles. The highest BCUT2D eigenvalue weighted by atomic mass is 35.5. The zero-order valence-electron chi connectivity index (χ0n) is 11.9. The number of rotatable bonds is 4. The van der Waals surface area contributed by atoms with Crippen molar-refractivity contribution in [2.75, 3.05) is 0 Å². The summed E-state index contributed by atoms with van der Waals surface area (Å²) in [7, 11) is 0. The summed E-state index contributed by atoms with van der Waals surface area (Å²) >= 11 is 0. The van der Waals surface area contributed by atoms with Gasteiger partial charge in [0.1, 0.15) is 5.82 Å². The summed E-state index contributed by atoms with van der Waals surface area (Å²) < 4.78 is 52.1. The largest absolute Gasteiger partial charge is 0.419 e. The number of benzene rings is 2. The molecule has 126 valence electrons. The molecule has 0 amide bonds. The van der Waals surface area contributed by atoms with Crippen molar-refractivity contribution >= 4 is 12.4 Å². The highest BCUT2D eigenvalue weighted by Crippen LogP contribution is 2.34. The van der Waals surface area contributed by atoms with Crippen molar-refractivity contribution in [3.05, 3.63) is 71.0 Å². The molecule has 2 atom stereocenters. The smallest absolute Gasteiger partial charge is 0.391 e. The van der Waals surface area contributed by atoms with Crippen molar-refractivity contribution < 1.29 is 22.7 Å². The molecule has 0 bridgehead atoms. The van der Waals surface area contributed by atoms with Crippen molar-refractivity contribution in [3.63, 3.8) is 0 Å². The van der Waals surface area contributed by atoms with Gasteiger partial charge in [0.15, 0.2) is 0 Å². The maximum Gasteiger partial charge on any atom is 0.419 e. The van der Waals surface area contributed by atoms with Crippen LogP contribution in [0.15, 0.2) is 48.5 Å². The predicted molar refractivity (Wildman–Crippen MR) is 81.7 cm³/mol. The van der Waals surface area contributed by atoms with Gasteiger partial charge >= 0.3 is 6.18 Å². The Labute approximate surface area is 137 Å². The zero-order valence-corrected chi connectivity index (χ0v) is 12.7. The van der Waals surface area contributed by atoms with Gasteiger partial charge in [-0.15, -0.1) is 12.4 Å². The van der Waals surface area contributed by atoms with E-state index in [1.807, 2.05) is 0 Å². The molecule has 2 aromatic carbocycles. The Kier molecular flexibility index (Phi) is 6.56. The van der Waals surface area contributed by atoms with Gasteiger partial charge in [-0.1, -0.05) is 42.5 Å². The molecule has 0 fully saturated rings. The van der Waals surface area contributed by atoms with Crippen molar-refractivity contribution in [2.24, 2.45) is 5.73 Å². The molecule has 0 aliphatic rings. The summed E-state index contributed by atoms with van der Waals surface area (Å²) in [5.74, 6) is -1.44. The van der Waals surface area contributed by atoms with E-state index in [4.69, 9.17) is 5.73 Å². The summed E-state index contributed by atoms with van der Waals surface area (Å²) in [6, 6.07) is 10.5. The fourth-order valence-electron chi connectivity index (χ4n) is 2.22. The Balaban J connectivity index is 0.00000264. The predicted octanol–water partition coefficient (Wildman–Crippen LogP) is 3.87. The normalized spacial score (nSPS) is 14.0. The van der Waals surface area contributed by atoms with Crippen LogP contribution in [-0.4, -0.2) is 11.2 Å². The molecular formula is C16H16ClF4NO. The van der Waals surface area contributed by atoms with Crippen molar-refractivity contribution in [2.45, 2.75) is 24.7 Å². The monoisotopic (exact) mass is 349 g/mol. The van der Waals surface area contributed by atoms with Crippen molar-refractivity contribution in [1.29, 1.82) is 0 Å². The number of hydrogen-bond donors (Lipinski definition) is 2. The fraction of sp³-hybridized carbons (Fsp3) is 0.250. The van der Waals surface area contributed by atoms with E-state index in [-0.39, 0.29) is 24.4 Å². The molecule has 2 rings (SSSR count). The summed E-state index contributed by atoms with van der Waals surface area (Å²) in [6.07, 6.45) is -5.87. The van der Waals surface area contributed by atoms with Crippen LogP contribution < -0.4 is 5.73 Å². The van der Waals surface area contributed by atoms with Gasteiger partial charge in [-0.2, -0.15) is 13.2 Å². The summed E-state index contributed by atoms with van der Waals surface area (Å²) in [4.78, 5) is 0. The van der Waals surface area contributed by atoms with Gasteiger partial charge in [0.25, 0.3) is 0 Å². The molecule has 0 unspecified atom stereocenters. The van der Waals surface area contributed by atoms with Crippen molar-refractivity contribution in [1.82, 2.24) is 0 Å². The number of halogens is 5. The molecule has 0 aromatic heterocycles. The van der Waals surface area contributed by atoms with Crippen LogP contribution in [0.3, 0.4) is 0 Å². The summed E-state index contributed by atoms with van der Waals surface area (Å²) in [5, 5.41) is 10.1. The minimum absolute atomic E-state index is 0. The van der Waals surface area contributed by atoms with Crippen LogP contribution in [0.4, 0.5) is 17.6 Å². The number of aliphatic hydroxyl groups excluding tert-OH is 1. The third kappa shape index (κ3) is 4.67. The quantitative estimate of drug-likeness (QED) is 0.823. The molecule has 0 radical (unpaired) electrons. The topological polar surface area (TPSA) is 46.2 Å². The molecule has 0 saturated carbocycles. The first-order chi connectivity index (χ1) is 10.3. The van der Waals surface area contributed by atoms with Gasteiger partial charge in [-0.25, -0.2) is 4.39 Å². The molecule has 2 aromatic rings. The van der Waals surface area contributed by atoms with Crippen LogP contribution in [0, 0.1) is 5.82 Å². The zero-order chi connectivity index (χ0) is 16.3. The van der Waals surface area contributed by atoms with E-state index in [1.165, 1.54) is 0 Å². The third-order valence-electron chi connectivity index (χ3n) is 3.40. The average molecular weight is 350 g/mol. The molecular weight excluding hydrogens is 334 g/mol. The first-order valence-electron chi connectivity index (χ1n) is 6.64. The maximum absolute atomic E-state index is 14.0.